The van der Waals surface area contributed by atoms with Crippen molar-refractivity contribution in [3.63, 3.8) is 0 Å². The summed E-state index contributed by atoms with van der Waals surface area (Å²) in [7, 11) is 0. The van der Waals surface area contributed by atoms with Gasteiger partial charge in [-0.05, 0) is 57.2 Å². The summed E-state index contributed by atoms with van der Waals surface area (Å²) in [6.07, 6.45) is 2.36. The molecule has 1 heterocycles. The van der Waals surface area contributed by atoms with Crippen LogP contribution in [0, 0.1) is 5.82 Å². The van der Waals surface area contributed by atoms with Crippen LogP contribution < -0.4 is 10.6 Å². The molecule has 5 heteroatoms. The fourth-order valence-corrected chi connectivity index (χ4v) is 3.17. The first-order chi connectivity index (χ1) is 9.15. The van der Waals surface area contributed by atoms with E-state index in [-0.39, 0.29) is 5.82 Å². The highest BCUT2D eigenvalue weighted by Crippen LogP contribution is 2.38. The zero-order valence-corrected chi connectivity index (χ0v) is 12.7. The second-order valence-corrected chi connectivity index (χ2v) is 6.45. The van der Waals surface area contributed by atoms with E-state index in [1.807, 2.05) is 0 Å². The number of nitrogens with two attached hydrogens (primary N) is 1. The number of nitrogen functional groups attached to an aromatic ring is 1. The van der Waals surface area contributed by atoms with E-state index < -0.39 is 0 Å². The molecule has 1 fully saturated rings. The van der Waals surface area contributed by atoms with Crippen LogP contribution in [0.1, 0.15) is 18.4 Å². The maximum absolute atomic E-state index is 13.5. The molecule has 0 unspecified atom stereocenters. The maximum Gasteiger partial charge on any atom is 0.139 e. The molecule has 0 aliphatic heterocycles. The van der Waals surface area contributed by atoms with Crippen molar-refractivity contribution < 1.29 is 4.39 Å². The molecule has 19 heavy (non-hydrogen) atoms. The summed E-state index contributed by atoms with van der Waals surface area (Å²) in [5, 5.41) is 4.22. The summed E-state index contributed by atoms with van der Waals surface area (Å²) in [5.41, 5.74) is 8.68. The van der Waals surface area contributed by atoms with Gasteiger partial charge in [0.2, 0.25) is 0 Å². The number of halogens is 2. The van der Waals surface area contributed by atoms with Gasteiger partial charge in [-0.25, -0.2) is 4.39 Å². The smallest absolute Gasteiger partial charge is 0.139 e. The van der Waals surface area contributed by atoms with Gasteiger partial charge in [0.05, 0.1) is 15.8 Å². The molecular formula is C14H14BrFN2S. The van der Waals surface area contributed by atoms with E-state index in [1.54, 1.807) is 17.4 Å². The lowest BCUT2D eigenvalue weighted by Gasteiger charge is -2.26. The Morgan fingerprint density at radius 3 is 2.84 bits per heavy atom. The van der Waals surface area contributed by atoms with Crippen LogP contribution in [0.3, 0.4) is 0 Å². The predicted molar refractivity (Wildman–Crippen MR) is 82.0 cm³/mol. The van der Waals surface area contributed by atoms with Gasteiger partial charge in [-0.15, -0.1) is 0 Å². The van der Waals surface area contributed by atoms with Crippen LogP contribution in [-0.2, 0) is 6.54 Å². The molecule has 2 aromatic rings. The Kier molecular flexibility index (Phi) is 3.50. The standard InChI is InChI=1S/C14H14BrFN2S/c15-11-5-14(13(17)6-12(11)16)18(10-1-2-10)7-9-3-4-19-8-9/h3-6,8,10H,1-2,7,17H2. The Balaban J connectivity index is 1.94. The first-order valence-corrected chi connectivity index (χ1v) is 7.91. The van der Waals surface area contributed by atoms with E-state index in [0.717, 1.165) is 12.2 Å². The fourth-order valence-electron chi connectivity index (χ4n) is 2.18. The summed E-state index contributed by atoms with van der Waals surface area (Å²) >= 11 is 4.93. The summed E-state index contributed by atoms with van der Waals surface area (Å²) in [6.45, 7) is 0.830. The third-order valence-corrected chi connectivity index (χ3v) is 4.64. The molecule has 3 rings (SSSR count). The zero-order valence-electron chi connectivity index (χ0n) is 10.3. The van der Waals surface area contributed by atoms with Crippen molar-refractivity contribution in [1.29, 1.82) is 0 Å². The average Bonchev–Trinajstić information content (AvgIpc) is 3.09. The van der Waals surface area contributed by atoms with Gasteiger partial charge in [0.25, 0.3) is 0 Å². The van der Waals surface area contributed by atoms with Gasteiger partial charge in [0.15, 0.2) is 0 Å². The fraction of sp³-hybridized carbons (Fsp3) is 0.286. The van der Waals surface area contributed by atoms with Crippen molar-refractivity contribution in [2.45, 2.75) is 25.4 Å². The first-order valence-electron chi connectivity index (χ1n) is 6.17. The van der Waals surface area contributed by atoms with Gasteiger partial charge in [0, 0.05) is 18.7 Å². The normalized spacial score (nSPS) is 14.6. The highest BCUT2D eigenvalue weighted by molar-refractivity contribution is 9.10. The molecule has 0 spiro atoms. The maximum atomic E-state index is 13.5. The summed E-state index contributed by atoms with van der Waals surface area (Å²) in [5.74, 6) is -0.312. The minimum absolute atomic E-state index is 0.312. The highest BCUT2D eigenvalue weighted by Gasteiger charge is 2.30. The van der Waals surface area contributed by atoms with Gasteiger partial charge in [-0.2, -0.15) is 11.3 Å². The molecule has 0 radical (unpaired) electrons. The SMILES string of the molecule is Nc1cc(F)c(Br)cc1N(Cc1ccsc1)C1CC1. The number of nitrogens with zero attached hydrogens (tertiary/aromatic N) is 1. The molecule has 1 aromatic carbocycles. The lowest BCUT2D eigenvalue weighted by molar-refractivity contribution is 0.621. The van der Waals surface area contributed by atoms with E-state index in [2.05, 4.69) is 37.7 Å². The van der Waals surface area contributed by atoms with Crippen LogP contribution in [-0.4, -0.2) is 6.04 Å². The number of anilines is 2. The quantitative estimate of drug-likeness (QED) is 0.835. The van der Waals surface area contributed by atoms with Crippen LogP contribution in [0.15, 0.2) is 33.4 Å². The van der Waals surface area contributed by atoms with Crippen molar-refractivity contribution in [1.82, 2.24) is 0 Å². The van der Waals surface area contributed by atoms with E-state index in [4.69, 9.17) is 5.73 Å². The van der Waals surface area contributed by atoms with Crippen molar-refractivity contribution in [3.8, 4) is 0 Å². The third kappa shape index (κ3) is 2.77. The molecule has 1 aromatic heterocycles. The summed E-state index contributed by atoms with van der Waals surface area (Å²) in [6, 6.07) is 5.83. The van der Waals surface area contributed by atoms with Gasteiger partial charge in [0.1, 0.15) is 5.82 Å². The number of thiophene rings is 1. The average molecular weight is 341 g/mol. The lowest BCUT2D eigenvalue weighted by atomic mass is 10.2. The van der Waals surface area contributed by atoms with E-state index in [0.29, 0.717) is 16.2 Å². The Bertz CT molecular complexity index is 581. The van der Waals surface area contributed by atoms with Crippen molar-refractivity contribution in [2.24, 2.45) is 0 Å². The molecule has 0 atom stereocenters. The Morgan fingerprint density at radius 2 is 2.21 bits per heavy atom. The second kappa shape index (κ2) is 5.13. The molecule has 100 valence electrons. The number of rotatable bonds is 4. The molecule has 0 amide bonds. The van der Waals surface area contributed by atoms with Crippen LogP contribution in [0.5, 0.6) is 0 Å². The summed E-state index contributed by atoms with van der Waals surface area (Å²) in [4.78, 5) is 2.28. The molecular weight excluding hydrogens is 327 g/mol. The van der Waals surface area contributed by atoms with Crippen LogP contribution in [0.4, 0.5) is 15.8 Å². The van der Waals surface area contributed by atoms with Crippen molar-refractivity contribution in [2.75, 3.05) is 10.6 Å². The molecule has 2 nitrogen and oxygen atoms in total. The van der Waals surface area contributed by atoms with Crippen molar-refractivity contribution in [3.05, 3.63) is 44.8 Å². The van der Waals surface area contributed by atoms with Gasteiger partial charge >= 0.3 is 0 Å². The first kappa shape index (κ1) is 12.9. The van der Waals surface area contributed by atoms with E-state index in [9.17, 15) is 4.39 Å². The number of benzene rings is 1. The summed E-state index contributed by atoms with van der Waals surface area (Å²) < 4.78 is 13.9. The minimum atomic E-state index is -0.312. The van der Waals surface area contributed by atoms with Crippen LogP contribution in [0.25, 0.3) is 0 Å². The Labute approximate surface area is 124 Å². The Morgan fingerprint density at radius 1 is 1.42 bits per heavy atom. The molecule has 1 aliphatic carbocycles. The molecule has 2 N–H and O–H groups in total. The number of hydrogen-bond donors (Lipinski definition) is 1. The van der Waals surface area contributed by atoms with Gasteiger partial charge in [-0.1, -0.05) is 0 Å². The molecule has 0 saturated heterocycles. The van der Waals surface area contributed by atoms with Gasteiger partial charge in [-0.3, -0.25) is 0 Å². The number of hydrogen-bond acceptors (Lipinski definition) is 3. The second-order valence-electron chi connectivity index (χ2n) is 4.82. The Hall–Kier alpha value is -1.07. The highest BCUT2D eigenvalue weighted by atomic mass is 79.9. The monoisotopic (exact) mass is 340 g/mol. The molecule has 1 saturated carbocycles. The topological polar surface area (TPSA) is 29.3 Å². The predicted octanol–water partition coefficient (Wildman–Crippen LogP) is 4.40. The zero-order chi connectivity index (χ0) is 13.4. The molecule has 0 bridgehead atoms. The van der Waals surface area contributed by atoms with E-state index in [1.165, 1.54) is 24.5 Å². The minimum Gasteiger partial charge on any atom is -0.397 e. The molecule has 1 aliphatic rings. The van der Waals surface area contributed by atoms with Crippen LogP contribution >= 0.6 is 27.3 Å². The van der Waals surface area contributed by atoms with Crippen molar-refractivity contribution >= 4 is 38.6 Å². The third-order valence-electron chi connectivity index (χ3n) is 3.30. The largest absolute Gasteiger partial charge is 0.397 e. The van der Waals surface area contributed by atoms with Gasteiger partial charge < -0.3 is 10.6 Å². The van der Waals surface area contributed by atoms with E-state index >= 15 is 0 Å². The van der Waals surface area contributed by atoms with Crippen LogP contribution in [0.2, 0.25) is 0 Å². The lowest BCUT2D eigenvalue weighted by Crippen LogP contribution is -2.25.